The lowest BCUT2D eigenvalue weighted by Gasteiger charge is -2.07. The first-order valence-electron chi connectivity index (χ1n) is 8.04. The third-order valence-corrected chi connectivity index (χ3v) is 4.69. The summed E-state index contributed by atoms with van der Waals surface area (Å²) in [5.41, 5.74) is 0.398. The number of nitrogens with zero attached hydrogens (tertiary/aromatic N) is 2. The van der Waals surface area contributed by atoms with Crippen molar-refractivity contribution in [2.45, 2.75) is 12.8 Å². The summed E-state index contributed by atoms with van der Waals surface area (Å²) in [5.74, 6) is -0.212. The van der Waals surface area contributed by atoms with E-state index in [0.29, 0.717) is 15.5 Å². The Morgan fingerprint density at radius 2 is 2.00 bits per heavy atom. The quantitative estimate of drug-likeness (QED) is 0.607. The Hall–Kier alpha value is -3.27. The lowest BCUT2D eigenvalue weighted by molar-refractivity contribution is -0.117. The Morgan fingerprint density at radius 3 is 2.74 bits per heavy atom. The van der Waals surface area contributed by atoms with Crippen LogP contribution in [0.1, 0.15) is 12.8 Å². The predicted octanol–water partition coefficient (Wildman–Crippen LogP) is 4.06. The highest BCUT2D eigenvalue weighted by Gasteiger charge is 2.30. The van der Waals surface area contributed by atoms with Gasteiger partial charge in [0.05, 0.1) is 5.69 Å². The number of carbonyl (C=O) groups is 2. The van der Waals surface area contributed by atoms with Crippen LogP contribution in [-0.2, 0) is 4.79 Å². The molecule has 3 aromatic rings. The molecular weight excluding hydrogens is 375 g/mol. The maximum Gasteiger partial charge on any atom is 0.409 e. The smallest absolute Gasteiger partial charge is 0.409 e. The number of aromatic nitrogens is 2. The number of pyridine rings is 1. The van der Waals surface area contributed by atoms with Crippen molar-refractivity contribution in [1.29, 1.82) is 0 Å². The molecule has 2 heterocycles. The molecule has 1 aliphatic carbocycles. The average molecular weight is 388 g/mol. The SMILES string of the molecule is O=C(O)Nc1cc(Oc2ccc3nc(NC(=O)C4CC4)sc3n2)ccc1F. The van der Waals surface area contributed by atoms with Gasteiger partial charge < -0.3 is 15.2 Å². The van der Waals surface area contributed by atoms with Gasteiger partial charge in [-0.15, -0.1) is 0 Å². The zero-order valence-corrected chi connectivity index (χ0v) is 14.5. The van der Waals surface area contributed by atoms with Crippen molar-refractivity contribution in [3.63, 3.8) is 0 Å². The van der Waals surface area contributed by atoms with E-state index in [4.69, 9.17) is 9.84 Å². The van der Waals surface area contributed by atoms with Gasteiger partial charge in [0, 0.05) is 18.1 Å². The summed E-state index contributed by atoms with van der Waals surface area (Å²) in [6, 6.07) is 6.96. The maximum absolute atomic E-state index is 13.6. The molecule has 0 aliphatic heterocycles. The summed E-state index contributed by atoms with van der Waals surface area (Å²) < 4.78 is 19.2. The normalized spacial score (nSPS) is 13.4. The number of nitrogens with one attached hydrogen (secondary N) is 2. The van der Waals surface area contributed by atoms with Gasteiger partial charge in [0.1, 0.15) is 21.9 Å². The second-order valence-corrected chi connectivity index (χ2v) is 6.91. The van der Waals surface area contributed by atoms with Crippen LogP contribution in [0.4, 0.5) is 20.0 Å². The number of fused-ring (bicyclic) bond motifs is 1. The van der Waals surface area contributed by atoms with Gasteiger partial charge in [-0.2, -0.15) is 0 Å². The Labute approximate surface area is 156 Å². The van der Waals surface area contributed by atoms with Crippen LogP contribution in [0.15, 0.2) is 30.3 Å². The molecule has 4 rings (SSSR count). The maximum atomic E-state index is 13.6. The van der Waals surface area contributed by atoms with Gasteiger partial charge >= 0.3 is 6.09 Å². The van der Waals surface area contributed by atoms with E-state index >= 15 is 0 Å². The van der Waals surface area contributed by atoms with E-state index in [1.807, 2.05) is 5.32 Å². The molecule has 138 valence electrons. The van der Waals surface area contributed by atoms with Crippen LogP contribution in [0.3, 0.4) is 0 Å². The fourth-order valence-electron chi connectivity index (χ4n) is 2.36. The lowest BCUT2D eigenvalue weighted by atomic mass is 10.3. The number of halogens is 1. The van der Waals surface area contributed by atoms with Crippen molar-refractivity contribution in [2.24, 2.45) is 5.92 Å². The molecule has 1 saturated carbocycles. The molecule has 1 fully saturated rings. The summed E-state index contributed by atoms with van der Waals surface area (Å²) >= 11 is 1.23. The van der Waals surface area contributed by atoms with Crippen LogP contribution in [0.2, 0.25) is 0 Å². The Kier molecular flexibility index (Phi) is 4.32. The number of hydrogen-bond acceptors (Lipinski definition) is 6. The van der Waals surface area contributed by atoms with Crippen LogP contribution >= 0.6 is 11.3 Å². The monoisotopic (exact) mass is 388 g/mol. The van der Waals surface area contributed by atoms with Gasteiger partial charge in [-0.25, -0.2) is 19.2 Å². The minimum absolute atomic E-state index is 0.0321. The summed E-state index contributed by atoms with van der Waals surface area (Å²) in [6.45, 7) is 0. The van der Waals surface area contributed by atoms with Gasteiger partial charge in [-0.3, -0.25) is 10.1 Å². The summed E-state index contributed by atoms with van der Waals surface area (Å²) in [4.78, 5) is 31.7. The van der Waals surface area contributed by atoms with Gasteiger partial charge in [0.2, 0.25) is 11.8 Å². The van der Waals surface area contributed by atoms with Crippen LogP contribution in [0.25, 0.3) is 10.3 Å². The van der Waals surface area contributed by atoms with Crippen LogP contribution < -0.4 is 15.4 Å². The van der Waals surface area contributed by atoms with E-state index in [1.54, 1.807) is 12.1 Å². The van der Waals surface area contributed by atoms with Crippen molar-refractivity contribution < 1.29 is 23.8 Å². The topological polar surface area (TPSA) is 113 Å². The first-order valence-corrected chi connectivity index (χ1v) is 8.85. The van der Waals surface area contributed by atoms with Crippen LogP contribution in [-0.4, -0.2) is 27.1 Å². The summed E-state index contributed by atoms with van der Waals surface area (Å²) in [7, 11) is 0. The highest BCUT2D eigenvalue weighted by molar-refractivity contribution is 7.21. The van der Waals surface area contributed by atoms with E-state index in [1.165, 1.54) is 23.5 Å². The van der Waals surface area contributed by atoms with Crippen molar-refractivity contribution in [3.8, 4) is 11.6 Å². The van der Waals surface area contributed by atoms with E-state index in [9.17, 15) is 14.0 Å². The van der Waals surface area contributed by atoms with Gasteiger partial charge in [-0.1, -0.05) is 11.3 Å². The molecular formula is C17H13FN4O4S. The van der Waals surface area contributed by atoms with Gasteiger partial charge in [0.25, 0.3) is 0 Å². The predicted molar refractivity (Wildman–Crippen MR) is 96.9 cm³/mol. The second kappa shape index (κ2) is 6.80. The fraction of sp³-hybridized carbons (Fsp3) is 0.176. The number of thiazole rings is 1. The number of amides is 2. The highest BCUT2D eigenvalue weighted by atomic mass is 32.1. The number of rotatable bonds is 5. The molecule has 0 saturated heterocycles. The molecule has 0 radical (unpaired) electrons. The first-order chi connectivity index (χ1) is 13.0. The van der Waals surface area contributed by atoms with Gasteiger partial charge in [0.15, 0.2) is 5.13 Å². The molecule has 1 aliphatic rings. The number of hydrogen-bond donors (Lipinski definition) is 3. The van der Waals surface area contributed by atoms with E-state index in [0.717, 1.165) is 18.9 Å². The Bertz CT molecular complexity index is 1050. The van der Waals surface area contributed by atoms with Crippen molar-refractivity contribution >= 4 is 44.5 Å². The largest absolute Gasteiger partial charge is 0.465 e. The van der Waals surface area contributed by atoms with E-state index in [-0.39, 0.29) is 29.1 Å². The molecule has 2 amide bonds. The molecule has 0 spiro atoms. The first kappa shape index (κ1) is 17.2. The fourth-order valence-corrected chi connectivity index (χ4v) is 3.20. The van der Waals surface area contributed by atoms with E-state index in [2.05, 4.69) is 15.3 Å². The second-order valence-electron chi connectivity index (χ2n) is 5.93. The number of ether oxygens (including phenoxy) is 1. The zero-order chi connectivity index (χ0) is 19.0. The number of anilines is 2. The highest BCUT2D eigenvalue weighted by Crippen LogP contribution is 2.33. The molecule has 0 unspecified atom stereocenters. The molecule has 1 aromatic carbocycles. The molecule has 0 bridgehead atoms. The molecule has 0 atom stereocenters. The van der Waals surface area contributed by atoms with Crippen molar-refractivity contribution in [3.05, 3.63) is 36.1 Å². The van der Waals surface area contributed by atoms with Crippen molar-refractivity contribution in [1.82, 2.24) is 9.97 Å². The third-order valence-electron chi connectivity index (χ3n) is 3.81. The van der Waals surface area contributed by atoms with Crippen molar-refractivity contribution in [2.75, 3.05) is 10.6 Å². The minimum Gasteiger partial charge on any atom is -0.465 e. The number of carboxylic acid groups (broad SMARTS) is 1. The van der Waals surface area contributed by atoms with Crippen LogP contribution in [0.5, 0.6) is 11.6 Å². The lowest BCUT2D eigenvalue weighted by Crippen LogP contribution is -2.12. The Morgan fingerprint density at radius 1 is 1.19 bits per heavy atom. The average Bonchev–Trinajstić information content (AvgIpc) is 3.39. The molecule has 8 nitrogen and oxygen atoms in total. The molecule has 27 heavy (non-hydrogen) atoms. The third kappa shape index (κ3) is 3.95. The number of carbonyl (C=O) groups excluding carboxylic acids is 1. The zero-order valence-electron chi connectivity index (χ0n) is 13.7. The van der Waals surface area contributed by atoms with Crippen LogP contribution in [0, 0.1) is 11.7 Å². The summed E-state index contributed by atoms with van der Waals surface area (Å²) in [6.07, 6.45) is 0.434. The van der Waals surface area contributed by atoms with E-state index < -0.39 is 11.9 Å². The molecule has 3 N–H and O–H groups in total. The molecule has 2 aromatic heterocycles. The molecule has 10 heteroatoms. The Balaban J connectivity index is 1.53. The number of benzene rings is 1. The standard InChI is InChI=1S/C17H13FN4O4S/c18-10-4-3-9(7-12(10)20-17(24)25)26-13-6-5-11-15(21-13)27-16(19-11)22-14(23)8-1-2-8/h3-8,20H,1-2H2,(H,24,25)(H,19,22,23). The van der Waals surface area contributed by atoms with Gasteiger partial charge in [-0.05, 0) is 31.0 Å². The minimum atomic E-state index is -1.38. The summed E-state index contributed by atoms with van der Waals surface area (Å²) in [5, 5.41) is 13.9.